The van der Waals surface area contributed by atoms with E-state index in [2.05, 4.69) is 18.5 Å². The Morgan fingerprint density at radius 1 is 1.42 bits per heavy atom. The van der Waals surface area contributed by atoms with Crippen LogP contribution in [-0.4, -0.2) is 34.0 Å². The molecule has 0 spiro atoms. The number of hydrogen-bond donors (Lipinski definition) is 0. The number of benzene rings is 1. The maximum Gasteiger partial charge on any atom is 0.224 e. The summed E-state index contributed by atoms with van der Waals surface area (Å²) in [5.41, 5.74) is 0.993. The molecule has 0 bridgehead atoms. The second kappa shape index (κ2) is 8.91. The third kappa shape index (κ3) is 4.47. The number of amides is 1. The van der Waals surface area contributed by atoms with Gasteiger partial charge >= 0.3 is 0 Å². The van der Waals surface area contributed by atoms with Crippen molar-refractivity contribution in [1.82, 2.24) is 14.5 Å². The van der Waals surface area contributed by atoms with Crippen LogP contribution in [-0.2, 0) is 24.3 Å². The van der Waals surface area contributed by atoms with E-state index in [9.17, 15) is 4.79 Å². The quantitative estimate of drug-likeness (QED) is 0.665. The zero-order valence-corrected chi connectivity index (χ0v) is 14.4. The molecule has 0 aliphatic carbocycles. The normalized spacial score (nSPS) is 10.4. The van der Waals surface area contributed by atoms with Gasteiger partial charge in [-0.05, 0) is 6.07 Å². The van der Waals surface area contributed by atoms with Crippen LogP contribution in [0, 0.1) is 0 Å². The molecular formula is C19H25N3O2. The van der Waals surface area contributed by atoms with Gasteiger partial charge in [-0.2, -0.15) is 0 Å². The van der Waals surface area contributed by atoms with Gasteiger partial charge in [-0.25, -0.2) is 4.98 Å². The van der Waals surface area contributed by atoms with Crippen molar-refractivity contribution in [3.63, 3.8) is 0 Å². The fourth-order valence-electron chi connectivity index (χ4n) is 2.68. The topological polar surface area (TPSA) is 47.4 Å². The van der Waals surface area contributed by atoms with Gasteiger partial charge < -0.3 is 14.2 Å². The molecule has 2 aromatic rings. The monoisotopic (exact) mass is 327 g/mol. The molecule has 0 aliphatic heterocycles. The summed E-state index contributed by atoms with van der Waals surface area (Å²) in [5.74, 6) is 1.89. The molecule has 1 amide bonds. The fourth-order valence-corrected chi connectivity index (χ4v) is 2.68. The molecule has 1 heterocycles. The Kier molecular flexibility index (Phi) is 6.61. The zero-order valence-electron chi connectivity index (χ0n) is 14.4. The number of rotatable bonds is 9. The van der Waals surface area contributed by atoms with E-state index < -0.39 is 0 Å². The van der Waals surface area contributed by atoms with Crippen molar-refractivity contribution in [3.05, 3.63) is 60.7 Å². The van der Waals surface area contributed by atoms with Crippen molar-refractivity contribution < 1.29 is 9.53 Å². The molecule has 0 atom stereocenters. The maximum atomic E-state index is 12.6. The molecule has 24 heavy (non-hydrogen) atoms. The van der Waals surface area contributed by atoms with Gasteiger partial charge in [-0.3, -0.25) is 4.79 Å². The Hall–Kier alpha value is -2.56. The molecule has 0 saturated carbocycles. The van der Waals surface area contributed by atoms with Crippen LogP contribution in [0.3, 0.4) is 0 Å². The first-order valence-electron chi connectivity index (χ1n) is 8.20. The Morgan fingerprint density at radius 3 is 2.92 bits per heavy atom. The third-order valence-electron chi connectivity index (χ3n) is 3.94. The predicted molar refractivity (Wildman–Crippen MR) is 94.8 cm³/mol. The minimum atomic E-state index is 0.0940. The molecule has 0 unspecified atom stereocenters. The maximum absolute atomic E-state index is 12.6. The summed E-state index contributed by atoms with van der Waals surface area (Å²) in [6.07, 6.45) is 6.75. The molecule has 0 N–H and O–H groups in total. The number of carbonyl (C=O) groups excluding carboxylic acids is 1. The first-order valence-corrected chi connectivity index (χ1v) is 8.20. The Morgan fingerprint density at radius 2 is 2.21 bits per heavy atom. The van der Waals surface area contributed by atoms with E-state index in [4.69, 9.17) is 4.74 Å². The zero-order chi connectivity index (χ0) is 17.4. The van der Waals surface area contributed by atoms with Gasteiger partial charge in [-0.15, -0.1) is 6.58 Å². The molecule has 0 fully saturated rings. The molecular weight excluding hydrogens is 302 g/mol. The Balaban J connectivity index is 2.03. The number of nitrogens with zero attached hydrogens (tertiary/aromatic N) is 3. The molecule has 1 aromatic carbocycles. The average molecular weight is 327 g/mol. The van der Waals surface area contributed by atoms with Crippen LogP contribution in [0.25, 0.3) is 0 Å². The Bertz CT molecular complexity index is 679. The molecule has 1 aromatic heterocycles. The lowest BCUT2D eigenvalue weighted by Crippen LogP contribution is -2.31. The molecule has 0 aliphatic rings. The van der Waals surface area contributed by atoms with Gasteiger partial charge in [0.25, 0.3) is 0 Å². The van der Waals surface area contributed by atoms with Crippen LogP contribution in [0.4, 0.5) is 0 Å². The van der Waals surface area contributed by atoms with Crippen LogP contribution in [0.1, 0.15) is 24.7 Å². The Labute approximate surface area is 143 Å². The lowest BCUT2D eigenvalue weighted by atomic mass is 10.1. The van der Waals surface area contributed by atoms with E-state index in [-0.39, 0.29) is 5.91 Å². The first kappa shape index (κ1) is 17.8. The van der Waals surface area contributed by atoms with Crippen LogP contribution < -0.4 is 4.74 Å². The van der Waals surface area contributed by atoms with Gasteiger partial charge in [-0.1, -0.05) is 31.2 Å². The van der Waals surface area contributed by atoms with Crippen LogP contribution in [0.2, 0.25) is 0 Å². The molecule has 128 valence electrons. The van der Waals surface area contributed by atoms with Crippen molar-refractivity contribution in [3.8, 4) is 5.75 Å². The highest BCUT2D eigenvalue weighted by Gasteiger charge is 2.15. The van der Waals surface area contributed by atoms with Gasteiger partial charge in [0, 0.05) is 50.4 Å². The van der Waals surface area contributed by atoms with Crippen LogP contribution >= 0.6 is 0 Å². The number of aromatic nitrogens is 2. The average Bonchev–Trinajstić information content (AvgIpc) is 3.07. The van der Waals surface area contributed by atoms with Gasteiger partial charge in [0.1, 0.15) is 11.6 Å². The second-order valence-corrected chi connectivity index (χ2v) is 5.52. The lowest BCUT2D eigenvalue weighted by molar-refractivity contribution is -0.131. The molecule has 0 radical (unpaired) electrons. The van der Waals surface area contributed by atoms with Gasteiger partial charge in [0.15, 0.2) is 0 Å². The van der Waals surface area contributed by atoms with Crippen molar-refractivity contribution in [2.24, 2.45) is 0 Å². The van der Waals surface area contributed by atoms with Crippen LogP contribution in [0.5, 0.6) is 5.75 Å². The fraction of sp³-hybridized carbons (Fsp3) is 0.368. The lowest BCUT2D eigenvalue weighted by Gasteiger charge is -2.22. The van der Waals surface area contributed by atoms with Crippen molar-refractivity contribution in [2.75, 3.05) is 13.7 Å². The van der Waals surface area contributed by atoms with E-state index in [1.165, 1.54) is 0 Å². The van der Waals surface area contributed by atoms with E-state index in [1.807, 2.05) is 35.0 Å². The molecule has 5 nitrogen and oxygen atoms in total. The van der Waals surface area contributed by atoms with E-state index in [0.29, 0.717) is 26.1 Å². The highest BCUT2D eigenvalue weighted by Crippen LogP contribution is 2.19. The van der Waals surface area contributed by atoms with E-state index in [0.717, 1.165) is 23.6 Å². The number of carbonyl (C=O) groups is 1. The van der Waals surface area contributed by atoms with Crippen molar-refractivity contribution >= 4 is 5.91 Å². The molecule has 2 rings (SSSR count). The van der Waals surface area contributed by atoms with E-state index in [1.54, 1.807) is 24.3 Å². The number of ether oxygens (including phenoxy) is 1. The first-order chi connectivity index (χ1) is 11.7. The summed E-state index contributed by atoms with van der Waals surface area (Å²) in [5, 5.41) is 0. The van der Waals surface area contributed by atoms with Crippen molar-refractivity contribution in [1.29, 1.82) is 0 Å². The summed E-state index contributed by atoms with van der Waals surface area (Å²) in [6.45, 7) is 7.50. The highest BCUT2D eigenvalue weighted by atomic mass is 16.5. The number of aryl methyl sites for hydroxylation is 2. The minimum absolute atomic E-state index is 0.0940. The summed E-state index contributed by atoms with van der Waals surface area (Å²) in [4.78, 5) is 18.7. The minimum Gasteiger partial charge on any atom is -0.496 e. The third-order valence-corrected chi connectivity index (χ3v) is 3.94. The van der Waals surface area contributed by atoms with Crippen LogP contribution in [0.15, 0.2) is 49.3 Å². The number of para-hydroxylation sites is 1. The SMILES string of the molecule is C=CCN(Cc1ccccc1OC)C(=O)CCn1ccnc1CC. The van der Waals surface area contributed by atoms with Crippen molar-refractivity contribution in [2.45, 2.75) is 32.9 Å². The summed E-state index contributed by atoms with van der Waals surface area (Å²) in [6, 6.07) is 7.76. The summed E-state index contributed by atoms with van der Waals surface area (Å²) < 4.78 is 7.41. The number of methoxy groups -OCH3 is 1. The standard InChI is InChI=1S/C19H25N3O2/c1-4-12-22(15-16-8-6-7-9-17(16)24-3)19(23)10-13-21-14-11-20-18(21)5-2/h4,6-9,11,14H,1,5,10,12-13,15H2,2-3H3. The summed E-state index contributed by atoms with van der Waals surface area (Å²) >= 11 is 0. The largest absolute Gasteiger partial charge is 0.496 e. The number of hydrogen-bond acceptors (Lipinski definition) is 3. The second-order valence-electron chi connectivity index (χ2n) is 5.52. The molecule has 5 heteroatoms. The summed E-state index contributed by atoms with van der Waals surface area (Å²) in [7, 11) is 1.64. The van der Waals surface area contributed by atoms with E-state index >= 15 is 0 Å². The smallest absolute Gasteiger partial charge is 0.224 e. The number of imidazole rings is 1. The molecule has 0 saturated heterocycles. The van der Waals surface area contributed by atoms with Gasteiger partial charge in [0.05, 0.1) is 7.11 Å². The van der Waals surface area contributed by atoms with Gasteiger partial charge in [0.2, 0.25) is 5.91 Å². The highest BCUT2D eigenvalue weighted by molar-refractivity contribution is 5.76. The predicted octanol–water partition coefficient (Wildman–Crippen LogP) is 3.06.